The molecule has 3 nitrogen and oxygen atoms in total. The molecule has 0 unspecified atom stereocenters. The van der Waals surface area contributed by atoms with Gasteiger partial charge in [0.2, 0.25) is 0 Å². The Balaban J connectivity index is 2.08. The fourth-order valence-corrected chi connectivity index (χ4v) is 2.40. The minimum atomic E-state index is -0.250. The Bertz CT molecular complexity index is 372. The van der Waals surface area contributed by atoms with Gasteiger partial charge in [0.1, 0.15) is 5.75 Å². The number of benzene rings is 1. The average Bonchev–Trinajstić information content (AvgIpc) is 2.39. The largest absolute Gasteiger partial charge is 0.497 e. The Hall–Kier alpha value is -1.06. The molecule has 1 saturated heterocycles. The van der Waals surface area contributed by atoms with E-state index in [-0.39, 0.29) is 12.4 Å². The highest BCUT2D eigenvalue weighted by Crippen LogP contribution is 2.32. The van der Waals surface area contributed by atoms with Gasteiger partial charge in [0.15, 0.2) is 6.29 Å². The zero-order chi connectivity index (χ0) is 13.1. The number of hydrogen-bond donors (Lipinski definition) is 0. The smallest absolute Gasteiger partial charge is 0.184 e. The molecule has 3 atom stereocenters. The number of rotatable bonds is 3. The second-order valence-electron chi connectivity index (χ2n) is 5.26. The molecular weight excluding hydrogens is 228 g/mol. The predicted octanol–water partition coefficient (Wildman–Crippen LogP) is 3.40. The molecule has 1 fully saturated rings. The van der Waals surface area contributed by atoms with Crippen molar-refractivity contribution in [2.45, 2.75) is 33.2 Å². The molecule has 0 aromatic heterocycles. The van der Waals surface area contributed by atoms with Crippen LogP contribution in [-0.4, -0.2) is 19.8 Å². The molecule has 1 aromatic rings. The van der Waals surface area contributed by atoms with E-state index in [0.29, 0.717) is 11.8 Å². The van der Waals surface area contributed by atoms with Crippen LogP contribution in [0.4, 0.5) is 0 Å². The standard InChI is InChI=1S/C15H22O3/c1-10(2)14-11(3)9-17-15(18-14)12-5-7-13(16-4)8-6-12/h5-8,10-11,14-15H,9H2,1-4H3/t11-,14+,15-/m0/s1. The van der Waals surface area contributed by atoms with E-state index in [2.05, 4.69) is 20.8 Å². The van der Waals surface area contributed by atoms with Crippen molar-refractivity contribution in [2.24, 2.45) is 11.8 Å². The van der Waals surface area contributed by atoms with Crippen molar-refractivity contribution in [3.05, 3.63) is 29.8 Å². The van der Waals surface area contributed by atoms with Crippen LogP contribution in [0, 0.1) is 11.8 Å². The number of hydrogen-bond acceptors (Lipinski definition) is 3. The van der Waals surface area contributed by atoms with Crippen LogP contribution in [0.25, 0.3) is 0 Å². The highest BCUT2D eigenvalue weighted by molar-refractivity contribution is 5.27. The van der Waals surface area contributed by atoms with E-state index in [1.165, 1.54) is 0 Å². The van der Waals surface area contributed by atoms with Gasteiger partial charge in [-0.3, -0.25) is 0 Å². The van der Waals surface area contributed by atoms with Crippen LogP contribution in [0.1, 0.15) is 32.6 Å². The summed E-state index contributed by atoms with van der Waals surface area (Å²) in [4.78, 5) is 0. The lowest BCUT2D eigenvalue weighted by Gasteiger charge is -2.37. The average molecular weight is 250 g/mol. The lowest BCUT2D eigenvalue weighted by Crippen LogP contribution is -2.37. The van der Waals surface area contributed by atoms with Gasteiger partial charge in [-0.05, 0) is 18.1 Å². The molecule has 1 aromatic carbocycles. The summed E-state index contributed by atoms with van der Waals surface area (Å²) in [5.41, 5.74) is 1.05. The van der Waals surface area contributed by atoms with E-state index in [9.17, 15) is 0 Å². The monoisotopic (exact) mass is 250 g/mol. The third kappa shape index (κ3) is 2.85. The van der Waals surface area contributed by atoms with Crippen LogP contribution in [0.3, 0.4) is 0 Å². The van der Waals surface area contributed by atoms with E-state index in [4.69, 9.17) is 14.2 Å². The summed E-state index contributed by atoms with van der Waals surface area (Å²) in [6, 6.07) is 7.86. The van der Waals surface area contributed by atoms with Crippen LogP contribution >= 0.6 is 0 Å². The third-order valence-electron chi connectivity index (χ3n) is 3.40. The molecule has 1 aliphatic heterocycles. The summed E-state index contributed by atoms with van der Waals surface area (Å²) in [6.45, 7) is 7.31. The molecule has 0 amide bonds. The Labute approximate surface area is 109 Å². The molecule has 1 heterocycles. The van der Waals surface area contributed by atoms with Crippen LogP contribution in [0.15, 0.2) is 24.3 Å². The topological polar surface area (TPSA) is 27.7 Å². The normalized spacial score (nSPS) is 28.4. The summed E-state index contributed by atoms with van der Waals surface area (Å²) in [6.07, 6.45) is 0.00496. The fraction of sp³-hybridized carbons (Fsp3) is 0.600. The van der Waals surface area contributed by atoms with E-state index in [1.807, 2.05) is 24.3 Å². The third-order valence-corrected chi connectivity index (χ3v) is 3.40. The molecular formula is C15H22O3. The Morgan fingerprint density at radius 3 is 2.44 bits per heavy atom. The van der Waals surface area contributed by atoms with E-state index in [0.717, 1.165) is 17.9 Å². The Morgan fingerprint density at radius 1 is 1.22 bits per heavy atom. The van der Waals surface area contributed by atoms with E-state index in [1.54, 1.807) is 7.11 Å². The van der Waals surface area contributed by atoms with Crippen LogP contribution in [0.5, 0.6) is 5.75 Å². The maximum Gasteiger partial charge on any atom is 0.184 e. The van der Waals surface area contributed by atoms with Crippen LogP contribution < -0.4 is 4.74 Å². The highest BCUT2D eigenvalue weighted by atomic mass is 16.7. The first-order valence-electron chi connectivity index (χ1n) is 6.53. The number of methoxy groups -OCH3 is 1. The maximum absolute atomic E-state index is 6.06. The lowest BCUT2D eigenvalue weighted by atomic mass is 9.94. The summed E-state index contributed by atoms with van der Waals surface area (Å²) in [5.74, 6) is 1.80. The summed E-state index contributed by atoms with van der Waals surface area (Å²) >= 11 is 0. The molecule has 0 N–H and O–H groups in total. The van der Waals surface area contributed by atoms with E-state index >= 15 is 0 Å². The van der Waals surface area contributed by atoms with Gasteiger partial charge >= 0.3 is 0 Å². The summed E-state index contributed by atoms with van der Waals surface area (Å²) in [7, 11) is 1.67. The zero-order valence-electron chi connectivity index (χ0n) is 11.6. The van der Waals surface area contributed by atoms with Crippen molar-refractivity contribution < 1.29 is 14.2 Å². The molecule has 0 bridgehead atoms. The van der Waals surface area contributed by atoms with Crippen LogP contribution in [0.2, 0.25) is 0 Å². The molecule has 18 heavy (non-hydrogen) atoms. The maximum atomic E-state index is 6.06. The molecule has 3 heteroatoms. The molecule has 1 aliphatic rings. The van der Waals surface area contributed by atoms with Gasteiger partial charge in [0, 0.05) is 11.5 Å². The van der Waals surface area contributed by atoms with Gasteiger partial charge in [-0.2, -0.15) is 0 Å². The molecule has 0 aliphatic carbocycles. The molecule has 2 rings (SSSR count). The molecule has 0 spiro atoms. The van der Waals surface area contributed by atoms with E-state index < -0.39 is 0 Å². The first-order valence-corrected chi connectivity index (χ1v) is 6.53. The van der Waals surface area contributed by atoms with Gasteiger partial charge < -0.3 is 14.2 Å². The van der Waals surface area contributed by atoms with Gasteiger partial charge in [-0.15, -0.1) is 0 Å². The second-order valence-corrected chi connectivity index (χ2v) is 5.26. The van der Waals surface area contributed by atoms with Crippen molar-refractivity contribution in [3.63, 3.8) is 0 Å². The zero-order valence-corrected chi connectivity index (χ0v) is 11.6. The molecule has 0 saturated carbocycles. The quantitative estimate of drug-likeness (QED) is 0.823. The molecule has 100 valence electrons. The Morgan fingerprint density at radius 2 is 1.89 bits per heavy atom. The summed E-state index contributed by atoms with van der Waals surface area (Å²) < 4.78 is 17.0. The highest BCUT2D eigenvalue weighted by Gasteiger charge is 2.31. The predicted molar refractivity (Wildman–Crippen MR) is 70.6 cm³/mol. The SMILES string of the molecule is COc1ccc([C@H]2OC[C@H](C)[C@@H](C(C)C)O2)cc1. The van der Waals surface area contributed by atoms with Crippen molar-refractivity contribution in [2.75, 3.05) is 13.7 Å². The van der Waals surface area contributed by atoms with Gasteiger partial charge in [-0.25, -0.2) is 0 Å². The molecule has 0 radical (unpaired) electrons. The fourth-order valence-electron chi connectivity index (χ4n) is 2.40. The van der Waals surface area contributed by atoms with Crippen molar-refractivity contribution >= 4 is 0 Å². The van der Waals surface area contributed by atoms with Gasteiger partial charge in [0.05, 0.1) is 19.8 Å². The Kier molecular flexibility index (Phi) is 4.25. The first kappa shape index (κ1) is 13.4. The lowest BCUT2D eigenvalue weighted by molar-refractivity contribution is -0.248. The van der Waals surface area contributed by atoms with Crippen molar-refractivity contribution in [1.29, 1.82) is 0 Å². The number of ether oxygens (including phenoxy) is 3. The van der Waals surface area contributed by atoms with Gasteiger partial charge in [0.25, 0.3) is 0 Å². The summed E-state index contributed by atoms with van der Waals surface area (Å²) in [5, 5.41) is 0. The van der Waals surface area contributed by atoms with Gasteiger partial charge in [-0.1, -0.05) is 32.9 Å². The van der Waals surface area contributed by atoms with Crippen molar-refractivity contribution in [3.8, 4) is 5.75 Å². The minimum absolute atomic E-state index is 0.250. The van der Waals surface area contributed by atoms with Crippen molar-refractivity contribution in [1.82, 2.24) is 0 Å². The second kappa shape index (κ2) is 5.72. The minimum Gasteiger partial charge on any atom is -0.497 e. The first-order chi connectivity index (χ1) is 8.61. The van der Waals surface area contributed by atoms with Crippen LogP contribution in [-0.2, 0) is 9.47 Å².